The summed E-state index contributed by atoms with van der Waals surface area (Å²) in [5, 5.41) is 0.801. The fraction of sp³-hybridized carbons (Fsp3) is 0.269. The van der Waals surface area contributed by atoms with Gasteiger partial charge in [0.1, 0.15) is 5.65 Å². The lowest BCUT2D eigenvalue weighted by Gasteiger charge is -2.14. The van der Waals surface area contributed by atoms with Crippen molar-refractivity contribution in [2.75, 3.05) is 30.3 Å². The molecule has 0 aliphatic carbocycles. The van der Waals surface area contributed by atoms with Gasteiger partial charge in [0.15, 0.2) is 0 Å². The molecule has 0 fully saturated rings. The molecule has 4 aromatic rings. The van der Waals surface area contributed by atoms with Crippen LogP contribution in [0.1, 0.15) is 16.7 Å². The lowest BCUT2D eigenvalue weighted by molar-refractivity contribution is 0.353. The van der Waals surface area contributed by atoms with Crippen LogP contribution in [-0.2, 0) is 36.6 Å². The van der Waals surface area contributed by atoms with Crippen LogP contribution in [0.15, 0.2) is 59.8 Å². The molecular formula is C26H27N5O2S. The molecule has 8 heteroatoms. The molecular weight excluding hydrogens is 446 g/mol. The third-order valence-electron chi connectivity index (χ3n) is 6.99. The van der Waals surface area contributed by atoms with Crippen molar-refractivity contribution < 1.29 is 8.42 Å². The minimum Gasteiger partial charge on any atom is -0.374 e. The summed E-state index contributed by atoms with van der Waals surface area (Å²) in [5.41, 5.74) is 8.09. The van der Waals surface area contributed by atoms with Gasteiger partial charge in [-0.3, -0.25) is 9.62 Å². The van der Waals surface area contributed by atoms with Gasteiger partial charge in [0.05, 0.1) is 16.0 Å². The SMILES string of the molecule is CN1Cc2ccc(S(=O)(=O)Nc3ccnc4c3c(-c3ccc5c(c3)N(C)CC5)cn4C)cc2C1. The predicted molar refractivity (Wildman–Crippen MR) is 136 cm³/mol. The minimum absolute atomic E-state index is 0.281. The Morgan fingerprint density at radius 1 is 0.941 bits per heavy atom. The summed E-state index contributed by atoms with van der Waals surface area (Å²) in [6.45, 7) is 2.61. The molecule has 7 nitrogen and oxygen atoms in total. The molecule has 4 heterocycles. The number of pyridine rings is 1. The molecule has 2 aromatic carbocycles. The average Bonchev–Trinajstić information content (AvgIpc) is 3.48. The van der Waals surface area contributed by atoms with Crippen LogP contribution in [0.2, 0.25) is 0 Å². The molecule has 0 amide bonds. The molecule has 2 aliphatic rings. The Kier molecular flexibility index (Phi) is 4.72. The van der Waals surface area contributed by atoms with E-state index >= 15 is 0 Å². The van der Waals surface area contributed by atoms with Crippen molar-refractivity contribution in [2.45, 2.75) is 24.4 Å². The molecule has 0 bridgehead atoms. The fourth-order valence-electron chi connectivity index (χ4n) is 5.23. The van der Waals surface area contributed by atoms with Crippen molar-refractivity contribution >= 4 is 32.4 Å². The number of hydrogen-bond acceptors (Lipinski definition) is 5. The van der Waals surface area contributed by atoms with E-state index in [2.05, 4.69) is 44.8 Å². The highest BCUT2D eigenvalue weighted by Gasteiger charge is 2.24. The van der Waals surface area contributed by atoms with Crippen molar-refractivity contribution in [3.8, 4) is 11.1 Å². The number of sulfonamides is 1. The van der Waals surface area contributed by atoms with Crippen molar-refractivity contribution in [3.63, 3.8) is 0 Å². The van der Waals surface area contributed by atoms with E-state index in [1.165, 1.54) is 16.8 Å². The topological polar surface area (TPSA) is 70.5 Å². The van der Waals surface area contributed by atoms with E-state index < -0.39 is 10.0 Å². The molecule has 0 spiro atoms. The summed E-state index contributed by atoms with van der Waals surface area (Å²) >= 11 is 0. The predicted octanol–water partition coefficient (Wildman–Crippen LogP) is 3.98. The van der Waals surface area contributed by atoms with Crippen LogP contribution in [0.4, 0.5) is 11.4 Å². The summed E-state index contributed by atoms with van der Waals surface area (Å²) < 4.78 is 31.6. The summed E-state index contributed by atoms with van der Waals surface area (Å²) in [6, 6.07) is 13.6. The van der Waals surface area contributed by atoms with Crippen LogP contribution in [-0.4, -0.2) is 43.5 Å². The molecule has 174 valence electrons. The quantitative estimate of drug-likeness (QED) is 0.486. The summed E-state index contributed by atoms with van der Waals surface area (Å²) in [6.07, 6.45) is 4.72. The number of hydrogen-bond donors (Lipinski definition) is 1. The Labute approximate surface area is 199 Å². The number of benzene rings is 2. The third kappa shape index (κ3) is 3.36. The molecule has 1 N–H and O–H groups in total. The van der Waals surface area contributed by atoms with Gasteiger partial charge in [0.2, 0.25) is 0 Å². The molecule has 0 saturated heterocycles. The zero-order valence-electron chi connectivity index (χ0n) is 19.5. The highest BCUT2D eigenvalue weighted by Crippen LogP contribution is 2.38. The van der Waals surface area contributed by atoms with E-state index in [1.807, 2.05) is 30.9 Å². The summed E-state index contributed by atoms with van der Waals surface area (Å²) in [4.78, 5) is 9.26. The molecule has 0 unspecified atom stereocenters. The van der Waals surface area contributed by atoms with Crippen LogP contribution >= 0.6 is 0 Å². The largest absolute Gasteiger partial charge is 0.374 e. The number of aromatic nitrogens is 2. The second kappa shape index (κ2) is 7.58. The average molecular weight is 474 g/mol. The van der Waals surface area contributed by atoms with Crippen LogP contribution < -0.4 is 9.62 Å². The van der Waals surface area contributed by atoms with Crippen LogP contribution in [0.25, 0.3) is 22.2 Å². The fourth-order valence-corrected chi connectivity index (χ4v) is 6.35. The Hall–Kier alpha value is -3.36. The maximum absolute atomic E-state index is 13.4. The Morgan fingerprint density at radius 3 is 2.59 bits per heavy atom. The molecule has 34 heavy (non-hydrogen) atoms. The highest BCUT2D eigenvalue weighted by molar-refractivity contribution is 7.92. The second-order valence-electron chi connectivity index (χ2n) is 9.43. The number of anilines is 2. The van der Waals surface area contributed by atoms with Gasteiger partial charge in [0.25, 0.3) is 10.0 Å². The molecule has 0 saturated carbocycles. The van der Waals surface area contributed by atoms with Crippen molar-refractivity contribution in [1.82, 2.24) is 14.5 Å². The van der Waals surface area contributed by atoms with E-state index in [-0.39, 0.29) is 4.90 Å². The maximum atomic E-state index is 13.4. The van der Waals surface area contributed by atoms with Gasteiger partial charge in [-0.05, 0) is 60.0 Å². The first-order valence-corrected chi connectivity index (χ1v) is 12.9. The second-order valence-corrected chi connectivity index (χ2v) is 11.1. The molecule has 0 atom stereocenters. The van der Waals surface area contributed by atoms with Crippen molar-refractivity contribution in [2.24, 2.45) is 7.05 Å². The van der Waals surface area contributed by atoms with Gasteiger partial charge in [-0.25, -0.2) is 13.4 Å². The summed E-state index contributed by atoms with van der Waals surface area (Å²) in [7, 11) is 2.31. The first kappa shape index (κ1) is 21.2. The minimum atomic E-state index is -3.77. The van der Waals surface area contributed by atoms with E-state index in [9.17, 15) is 8.42 Å². The van der Waals surface area contributed by atoms with Gasteiger partial charge >= 0.3 is 0 Å². The first-order chi connectivity index (χ1) is 16.3. The van der Waals surface area contributed by atoms with E-state index in [4.69, 9.17) is 0 Å². The van der Waals surface area contributed by atoms with E-state index in [0.717, 1.165) is 53.8 Å². The molecule has 2 aliphatic heterocycles. The zero-order chi connectivity index (χ0) is 23.6. The maximum Gasteiger partial charge on any atom is 0.261 e. The monoisotopic (exact) mass is 473 g/mol. The number of aryl methyl sites for hydroxylation is 1. The van der Waals surface area contributed by atoms with Gasteiger partial charge in [-0.1, -0.05) is 18.2 Å². The highest BCUT2D eigenvalue weighted by atomic mass is 32.2. The Morgan fingerprint density at radius 2 is 1.74 bits per heavy atom. The number of likely N-dealkylation sites (N-methyl/N-ethyl adjacent to an activating group) is 1. The first-order valence-electron chi connectivity index (χ1n) is 11.4. The lowest BCUT2D eigenvalue weighted by atomic mass is 10.0. The number of fused-ring (bicyclic) bond motifs is 3. The normalized spacial score (nSPS) is 15.7. The van der Waals surface area contributed by atoms with Gasteiger partial charge in [-0.15, -0.1) is 0 Å². The molecule has 2 aromatic heterocycles. The van der Waals surface area contributed by atoms with Crippen LogP contribution in [0.5, 0.6) is 0 Å². The van der Waals surface area contributed by atoms with Gasteiger partial charge in [-0.2, -0.15) is 0 Å². The summed E-state index contributed by atoms with van der Waals surface area (Å²) in [5.74, 6) is 0. The Balaban J connectivity index is 1.44. The van der Waals surface area contributed by atoms with Gasteiger partial charge < -0.3 is 9.47 Å². The lowest BCUT2D eigenvalue weighted by Crippen LogP contribution is -2.14. The zero-order valence-corrected chi connectivity index (χ0v) is 20.4. The number of nitrogens with zero attached hydrogens (tertiary/aromatic N) is 4. The number of rotatable bonds is 4. The molecule has 6 rings (SSSR count). The number of nitrogens with one attached hydrogen (secondary N) is 1. The van der Waals surface area contributed by atoms with E-state index in [0.29, 0.717) is 5.69 Å². The van der Waals surface area contributed by atoms with Crippen molar-refractivity contribution in [3.05, 3.63) is 71.5 Å². The van der Waals surface area contributed by atoms with Crippen LogP contribution in [0, 0.1) is 0 Å². The van der Waals surface area contributed by atoms with Gasteiger partial charge in [0, 0.05) is 57.4 Å². The smallest absolute Gasteiger partial charge is 0.261 e. The molecule has 0 radical (unpaired) electrons. The Bertz CT molecular complexity index is 1560. The van der Waals surface area contributed by atoms with Crippen LogP contribution in [0.3, 0.4) is 0 Å². The standard InChI is InChI=1S/C26H27N5O2S/c1-29-14-19-6-7-21(12-20(19)15-29)34(32,33)28-23-8-10-27-26-25(23)22(16-31(26)3)18-5-4-17-9-11-30(2)24(17)13-18/h4-8,10,12-13,16H,9,11,14-15H2,1-3H3,(H,27,28). The third-order valence-corrected chi connectivity index (χ3v) is 8.36. The van der Waals surface area contributed by atoms with E-state index in [1.54, 1.807) is 24.4 Å². The van der Waals surface area contributed by atoms with Crippen molar-refractivity contribution in [1.29, 1.82) is 0 Å².